The van der Waals surface area contributed by atoms with E-state index in [0.29, 0.717) is 6.04 Å². The summed E-state index contributed by atoms with van der Waals surface area (Å²) in [5.74, 6) is 0.863. The van der Waals surface area contributed by atoms with Crippen molar-refractivity contribution in [3.63, 3.8) is 0 Å². The van der Waals surface area contributed by atoms with Gasteiger partial charge < -0.3 is 15.3 Å². The minimum Gasteiger partial charge on any atom is -0.478 e. The van der Waals surface area contributed by atoms with Gasteiger partial charge in [0.1, 0.15) is 5.82 Å². The molecule has 5 heteroatoms. The van der Waals surface area contributed by atoms with Gasteiger partial charge in [-0.25, -0.2) is 9.78 Å². The number of anilines is 1. The number of nitrogens with one attached hydrogen (secondary N) is 1. The molecule has 5 nitrogen and oxygen atoms in total. The Morgan fingerprint density at radius 1 is 1.43 bits per heavy atom. The zero-order valence-corrected chi connectivity index (χ0v) is 12.0. The molecule has 1 aromatic heterocycles. The number of hydrogen-bond acceptors (Lipinski definition) is 4. The highest BCUT2D eigenvalue weighted by molar-refractivity contribution is 5.85. The van der Waals surface area contributed by atoms with Crippen molar-refractivity contribution in [3.05, 3.63) is 30.0 Å². The summed E-state index contributed by atoms with van der Waals surface area (Å²) in [6.45, 7) is 3.52. The largest absolute Gasteiger partial charge is 0.478 e. The molecule has 0 bridgehead atoms. The van der Waals surface area contributed by atoms with E-state index in [4.69, 9.17) is 5.11 Å². The molecule has 0 amide bonds. The van der Waals surface area contributed by atoms with E-state index in [0.717, 1.165) is 36.3 Å². The number of carboxylic acid groups (broad SMARTS) is 1. The van der Waals surface area contributed by atoms with E-state index in [9.17, 15) is 4.79 Å². The summed E-state index contributed by atoms with van der Waals surface area (Å²) in [4.78, 5) is 17.3. The van der Waals surface area contributed by atoms with Gasteiger partial charge in [0.05, 0.1) is 0 Å². The molecule has 1 saturated heterocycles. The van der Waals surface area contributed by atoms with E-state index in [-0.39, 0.29) is 0 Å². The molecule has 1 atom stereocenters. The van der Waals surface area contributed by atoms with Gasteiger partial charge in [-0.05, 0) is 49.0 Å². The molecule has 3 rings (SSSR count). The van der Waals surface area contributed by atoms with Crippen molar-refractivity contribution >= 4 is 17.9 Å². The zero-order chi connectivity index (χ0) is 14.7. The fourth-order valence-electron chi connectivity index (χ4n) is 2.75. The van der Waals surface area contributed by atoms with Crippen LogP contribution in [0.5, 0.6) is 0 Å². The minimum atomic E-state index is -0.945. The average Bonchev–Trinajstić information content (AvgIpc) is 3.17. The maximum absolute atomic E-state index is 10.5. The van der Waals surface area contributed by atoms with Crippen LogP contribution in [-0.4, -0.2) is 46.6 Å². The van der Waals surface area contributed by atoms with Crippen LogP contribution in [0.25, 0.3) is 6.08 Å². The molecule has 2 heterocycles. The summed E-state index contributed by atoms with van der Waals surface area (Å²) in [6.07, 6.45) is 8.33. The molecular weight excluding hydrogens is 266 g/mol. The molecule has 21 heavy (non-hydrogen) atoms. The van der Waals surface area contributed by atoms with Crippen molar-refractivity contribution in [2.24, 2.45) is 5.92 Å². The van der Waals surface area contributed by atoms with E-state index < -0.39 is 5.97 Å². The van der Waals surface area contributed by atoms with E-state index >= 15 is 0 Å². The number of carboxylic acids is 1. The van der Waals surface area contributed by atoms with Crippen molar-refractivity contribution in [1.82, 2.24) is 9.88 Å². The smallest absolute Gasteiger partial charge is 0.328 e. The molecule has 2 aliphatic rings. The first-order valence-electron chi connectivity index (χ1n) is 7.55. The molecule has 1 aromatic rings. The Morgan fingerprint density at radius 2 is 2.29 bits per heavy atom. The quantitative estimate of drug-likeness (QED) is 0.784. The van der Waals surface area contributed by atoms with E-state index in [1.165, 1.54) is 25.9 Å². The van der Waals surface area contributed by atoms with Gasteiger partial charge in [0, 0.05) is 37.9 Å². The molecule has 2 fully saturated rings. The van der Waals surface area contributed by atoms with Gasteiger partial charge in [0.15, 0.2) is 0 Å². The highest BCUT2D eigenvalue weighted by Crippen LogP contribution is 2.31. The molecule has 0 radical (unpaired) electrons. The first-order chi connectivity index (χ1) is 10.2. The van der Waals surface area contributed by atoms with Gasteiger partial charge >= 0.3 is 5.97 Å². The maximum atomic E-state index is 10.5. The Labute approximate surface area is 124 Å². The second-order valence-corrected chi connectivity index (χ2v) is 5.98. The van der Waals surface area contributed by atoms with Gasteiger partial charge in [0.2, 0.25) is 0 Å². The lowest BCUT2D eigenvalue weighted by Crippen LogP contribution is -2.28. The minimum absolute atomic E-state index is 0.469. The number of rotatable bonds is 6. The van der Waals surface area contributed by atoms with Gasteiger partial charge in [-0.3, -0.25) is 0 Å². The topological polar surface area (TPSA) is 65.5 Å². The fourth-order valence-corrected chi connectivity index (χ4v) is 2.75. The molecule has 112 valence electrons. The third-order valence-corrected chi connectivity index (χ3v) is 4.04. The van der Waals surface area contributed by atoms with Crippen molar-refractivity contribution in [2.75, 3.05) is 25.0 Å². The van der Waals surface area contributed by atoms with Crippen LogP contribution < -0.4 is 5.32 Å². The molecular formula is C16H21N3O2. The van der Waals surface area contributed by atoms with E-state index in [2.05, 4.69) is 15.2 Å². The molecule has 1 aliphatic heterocycles. The number of nitrogens with zero attached hydrogens (tertiary/aromatic N) is 2. The Hall–Kier alpha value is -1.88. The predicted octanol–water partition coefficient (Wildman–Crippen LogP) is 2.08. The maximum Gasteiger partial charge on any atom is 0.328 e. The molecule has 2 N–H and O–H groups in total. The number of likely N-dealkylation sites (tertiary alicyclic amines) is 1. The van der Waals surface area contributed by atoms with Crippen LogP contribution >= 0.6 is 0 Å². The summed E-state index contributed by atoms with van der Waals surface area (Å²) in [5, 5.41) is 12.0. The summed E-state index contributed by atoms with van der Waals surface area (Å²) in [5.41, 5.74) is 0.796. The molecule has 1 unspecified atom stereocenters. The highest BCUT2D eigenvalue weighted by Gasteiger charge is 2.29. The second kappa shape index (κ2) is 6.26. The van der Waals surface area contributed by atoms with E-state index in [1.54, 1.807) is 12.3 Å². The van der Waals surface area contributed by atoms with Crippen LogP contribution in [0.15, 0.2) is 24.4 Å². The van der Waals surface area contributed by atoms with Crippen molar-refractivity contribution in [2.45, 2.75) is 25.3 Å². The summed E-state index contributed by atoms with van der Waals surface area (Å²) < 4.78 is 0. The molecule has 1 saturated carbocycles. The third kappa shape index (κ3) is 4.29. The van der Waals surface area contributed by atoms with Crippen LogP contribution in [0.2, 0.25) is 0 Å². The summed E-state index contributed by atoms with van der Waals surface area (Å²) >= 11 is 0. The van der Waals surface area contributed by atoms with Crippen LogP contribution in [-0.2, 0) is 4.79 Å². The van der Waals surface area contributed by atoms with Crippen LogP contribution in [0.1, 0.15) is 24.8 Å². The summed E-state index contributed by atoms with van der Waals surface area (Å²) in [7, 11) is 0. The van der Waals surface area contributed by atoms with Crippen molar-refractivity contribution in [1.29, 1.82) is 0 Å². The monoisotopic (exact) mass is 287 g/mol. The lowest BCUT2D eigenvalue weighted by molar-refractivity contribution is -0.131. The third-order valence-electron chi connectivity index (χ3n) is 4.04. The van der Waals surface area contributed by atoms with Crippen molar-refractivity contribution in [3.8, 4) is 0 Å². The lowest BCUT2D eigenvalue weighted by atomic mass is 10.2. The highest BCUT2D eigenvalue weighted by atomic mass is 16.4. The first kappa shape index (κ1) is 14.1. The number of aromatic nitrogens is 1. The molecule has 0 aromatic carbocycles. The number of hydrogen-bond donors (Lipinski definition) is 2. The van der Waals surface area contributed by atoms with Crippen LogP contribution in [0.3, 0.4) is 0 Å². The molecule has 1 aliphatic carbocycles. The Morgan fingerprint density at radius 3 is 2.95 bits per heavy atom. The fraction of sp³-hybridized carbons (Fsp3) is 0.500. The molecule has 0 spiro atoms. The second-order valence-electron chi connectivity index (χ2n) is 5.98. The van der Waals surface area contributed by atoms with Crippen molar-refractivity contribution < 1.29 is 9.90 Å². The average molecular weight is 287 g/mol. The standard InChI is InChI=1S/C16H21N3O2/c20-16(21)6-4-12-3-5-15(17-9-12)18-14-7-8-19(11-14)10-13-1-2-13/h3-6,9,13-14H,1-2,7-8,10-11H2,(H,17,18)(H,20,21)/b6-4+. The zero-order valence-electron chi connectivity index (χ0n) is 12.0. The number of aliphatic carboxylic acids is 1. The summed E-state index contributed by atoms with van der Waals surface area (Å²) in [6, 6.07) is 4.26. The van der Waals surface area contributed by atoms with Gasteiger partial charge in [-0.15, -0.1) is 0 Å². The Bertz CT molecular complexity index is 523. The van der Waals surface area contributed by atoms with E-state index in [1.807, 2.05) is 12.1 Å². The van der Waals surface area contributed by atoms with Crippen LogP contribution in [0.4, 0.5) is 5.82 Å². The first-order valence-corrected chi connectivity index (χ1v) is 7.55. The lowest BCUT2D eigenvalue weighted by Gasteiger charge is -2.16. The normalized spacial score (nSPS) is 22.8. The SMILES string of the molecule is O=C(O)/C=C/c1ccc(NC2CCN(CC3CC3)C2)nc1. The Balaban J connectivity index is 1.49. The van der Waals surface area contributed by atoms with Crippen LogP contribution in [0, 0.1) is 5.92 Å². The van der Waals surface area contributed by atoms with Gasteiger partial charge in [0.25, 0.3) is 0 Å². The number of carbonyl (C=O) groups is 1. The van der Waals surface area contributed by atoms with Gasteiger partial charge in [-0.1, -0.05) is 0 Å². The predicted molar refractivity (Wildman–Crippen MR) is 82.1 cm³/mol. The number of pyridine rings is 1. The Kier molecular flexibility index (Phi) is 4.20. The van der Waals surface area contributed by atoms with Gasteiger partial charge in [-0.2, -0.15) is 0 Å².